The zero-order valence-corrected chi connectivity index (χ0v) is 25.7. The van der Waals surface area contributed by atoms with Gasteiger partial charge in [-0.15, -0.1) is 0 Å². The Labute approximate surface area is 271 Å². The van der Waals surface area contributed by atoms with Crippen molar-refractivity contribution in [2.24, 2.45) is 0 Å². The molecule has 49 heavy (non-hydrogen) atoms. The molecule has 4 aromatic carbocycles. The molecule has 2 aliphatic carbocycles. The van der Waals surface area contributed by atoms with Crippen LogP contribution in [-0.2, 0) is 16.2 Å². The minimum Gasteiger partial charge on any atom is -0.451 e. The van der Waals surface area contributed by atoms with Crippen LogP contribution in [0, 0.1) is 66.8 Å². The van der Waals surface area contributed by atoms with Gasteiger partial charge in [-0.2, -0.15) is 35.1 Å². The van der Waals surface area contributed by atoms with Crippen LogP contribution < -0.4 is 9.47 Å². The molecule has 8 nitrogen and oxygen atoms in total. The molecule has 0 atom stereocenters. The second-order valence-corrected chi connectivity index (χ2v) is 13.2. The topological polar surface area (TPSA) is 105 Å². The average Bonchev–Trinajstić information content (AvgIpc) is 3.38. The highest BCUT2D eigenvalue weighted by atomic mass is 19.2. The summed E-state index contributed by atoms with van der Waals surface area (Å²) in [4.78, 5) is 18.7. The zero-order valence-electron chi connectivity index (χ0n) is 25.7. The van der Waals surface area contributed by atoms with E-state index in [1.807, 2.05) is 27.7 Å². The van der Waals surface area contributed by atoms with E-state index in [2.05, 4.69) is 0 Å². The number of nitrogens with zero attached hydrogens (tertiary/aromatic N) is 2. The fraction of sp³-hybridized carbons (Fsp3) is 0.273. The predicted octanol–water partition coefficient (Wildman–Crippen LogP) is 9.85. The van der Waals surface area contributed by atoms with Gasteiger partial charge in [-0.05, 0) is 70.2 Å². The molecule has 0 saturated heterocycles. The first kappa shape index (κ1) is 33.6. The minimum absolute atomic E-state index is 0.291. The first-order valence-electron chi connectivity index (χ1n) is 14.4. The van der Waals surface area contributed by atoms with Gasteiger partial charge in [0, 0.05) is 5.41 Å². The van der Waals surface area contributed by atoms with Crippen LogP contribution in [0.3, 0.4) is 0 Å². The SMILES string of the molecule is CC1(C)CC2(CC(C)(C)c3ccc(Oc4c(F)c(F)c([N+](=O)[O-])c(F)c4F)cc32)c2cc(Oc3c(F)c(F)c([N+](=O)[O-])c(F)c3F)ccc21. The molecule has 0 aliphatic heterocycles. The van der Waals surface area contributed by atoms with E-state index in [1.165, 1.54) is 24.3 Å². The van der Waals surface area contributed by atoms with Gasteiger partial charge in [0.2, 0.25) is 58.0 Å². The lowest BCUT2D eigenvalue weighted by Gasteiger charge is -2.30. The fourth-order valence-electron chi connectivity index (χ4n) is 7.37. The molecule has 16 heteroatoms. The number of halogens is 8. The molecule has 4 aromatic rings. The van der Waals surface area contributed by atoms with Crippen LogP contribution in [0.15, 0.2) is 36.4 Å². The Morgan fingerprint density at radius 3 is 1.12 bits per heavy atom. The highest BCUT2D eigenvalue weighted by Gasteiger charge is 2.56. The quantitative estimate of drug-likeness (QED) is 0.0862. The van der Waals surface area contributed by atoms with E-state index in [4.69, 9.17) is 9.47 Å². The first-order chi connectivity index (χ1) is 22.7. The number of nitro benzene ring substituents is 2. The molecular weight excluding hydrogens is 672 g/mol. The molecule has 0 fully saturated rings. The Morgan fingerprint density at radius 2 is 0.837 bits per heavy atom. The van der Waals surface area contributed by atoms with Crippen molar-refractivity contribution >= 4 is 11.4 Å². The largest absolute Gasteiger partial charge is 0.451 e. The van der Waals surface area contributed by atoms with Crippen LogP contribution in [0.1, 0.15) is 62.8 Å². The van der Waals surface area contributed by atoms with Gasteiger partial charge in [-0.1, -0.05) is 39.8 Å². The molecule has 0 radical (unpaired) electrons. The Morgan fingerprint density at radius 1 is 0.531 bits per heavy atom. The predicted molar refractivity (Wildman–Crippen MR) is 155 cm³/mol. The van der Waals surface area contributed by atoms with Gasteiger partial charge in [0.05, 0.1) is 9.85 Å². The highest BCUT2D eigenvalue weighted by Crippen LogP contribution is 2.63. The van der Waals surface area contributed by atoms with E-state index in [0.717, 1.165) is 11.1 Å². The van der Waals surface area contributed by atoms with Gasteiger partial charge >= 0.3 is 11.4 Å². The second kappa shape index (κ2) is 10.9. The lowest BCUT2D eigenvalue weighted by atomic mass is 9.72. The van der Waals surface area contributed by atoms with E-state index in [1.54, 1.807) is 12.1 Å². The van der Waals surface area contributed by atoms with Crippen molar-refractivity contribution in [1.29, 1.82) is 0 Å². The normalized spacial score (nSPS) is 16.4. The van der Waals surface area contributed by atoms with Crippen molar-refractivity contribution in [2.75, 3.05) is 0 Å². The molecule has 6 rings (SSSR count). The molecule has 1 spiro atoms. The van der Waals surface area contributed by atoms with Gasteiger partial charge in [-0.3, -0.25) is 20.2 Å². The smallest absolute Gasteiger partial charge is 0.346 e. The number of ether oxygens (including phenoxy) is 2. The van der Waals surface area contributed by atoms with Crippen molar-refractivity contribution in [3.8, 4) is 23.0 Å². The summed E-state index contributed by atoms with van der Waals surface area (Å²) in [5.74, 6) is -21.3. The van der Waals surface area contributed by atoms with Crippen LogP contribution in [0.5, 0.6) is 23.0 Å². The maximum Gasteiger partial charge on any atom is 0.346 e. The van der Waals surface area contributed by atoms with Crippen molar-refractivity contribution in [3.63, 3.8) is 0 Å². The molecule has 0 N–H and O–H groups in total. The average molecular weight is 695 g/mol. The van der Waals surface area contributed by atoms with Gasteiger partial charge in [0.1, 0.15) is 11.5 Å². The summed E-state index contributed by atoms with van der Waals surface area (Å²) in [6.07, 6.45) is 0.761. The summed E-state index contributed by atoms with van der Waals surface area (Å²) in [5.41, 5.74) is -3.68. The molecule has 0 aromatic heterocycles. The maximum atomic E-state index is 14.8. The van der Waals surface area contributed by atoms with Crippen molar-refractivity contribution in [3.05, 3.63) is 125 Å². The van der Waals surface area contributed by atoms with E-state index < -0.39 is 95.5 Å². The van der Waals surface area contributed by atoms with Gasteiger partial charge in [0.25, 0.3) is 0 Å². The van der Waals surface area contributed by atoms with Crippen LogP contribution in [0.2, 0.25) is 0 Å². The van der Waals surface area contributed by atoms with Crippen LogP contribution in [-0.4, -0.2) is 9.85 Å². The summed E-state index contributed by atoms with van der Waals surface area (Å²) in [6.45, 7) is 7.61. The number of nitro groups is 2. The van der Waals surface area contributed by atoms with Crippen LogP contribution in [0.25, 0.3) is 0 Å². The van der Waals surface area contributed by atoms with E-state index in [0.29, 0.717) is 24.0 Å². The van der Waals surface area contributed by atoms with Crippen LogP contribution in [0.4, 0.5) is 46.5 Å². The number of fused-ring (bicyclic) bond motifs is 4. The Kier molecular flexibility index (Phi) is 7.45. The Hall–Kier alpha value is -5.28. The zero-order chi connectivity index (χ0) is 36.1. The Balaban J connectivity index is 1.48. The first-order valence-corrected chi connectivity index (χ1v) is 14.4. The monoisotopic (exact) mass is 694 g/mol. The number of hydrogen-bond acceptors (Lipinski definition) is 6. The maximum absolute atomic E-state index is 14.8. The number of benzene rings is 4. The molecule has 0 heterocycles. The summed E-state index contributed by atoms with van der Waals surface area (Å²) in [7, 11) is 0. The third kappa shape index (κ3) is 4.86. The molecule has 256 valence electrons. The lowest BCUT2D eigenvalue weighted by Crippen LogP contribution is -2.27. The fourth-order valence-corrected chi connectivity index (χ4v) is 7.37. The van der Waals surface area contributed by atoms with Crippen molar-refractivity contribution in [1.82, 2.24) is 0 Å². The molecular formula is C33H22F8N2O6. The van der Waals surface area contributed by atoms with Crippen molar-refractivity contribution < 1.29 is 54.4 Å². The van der Waals surface area contributed by atoms with Gasteiger partial charge in [-0.25, -0.2) is 0 Å². The molecule has 0 amide bonds. The molecule has 2 aliphatic rings. The molecule has 0 bridgehead atoms. The van der Waals surface area contributed by atoms with Crippen LogP contribution >= 0.6 is 0 Å². The highest BCUT2D eigenvalue weighted by molar-refractivity contribution is 5.62. The number of rotatable bonds is 6. The van der Waals surface area contributed by atoms with Crippen molar-refractivity contribution in [2.45, 2.75) is 56.8 Å². The van der Waals surface area contributed by atoms with Gasteiger partial charge in [0.15, 0.2) is 0 Å². The summed E-state index contributed by atoms with van der Waals surface area (Å²) < 4.78 is 127. The summed E-state index contributed by atoms with van der Waals surface area (Å²) in [6, 6.07) is 8.51. The third-order valence-electron chi connectivity index (χ3n) is 9.16. The lowest BCUT2D eigenvalue weighted by molar-refractivity contribution is -0.390. The van der Waals surface area contributed by atoms with Gasteiger partial charge < -0.3 is 9.47 Å². The standard InChI is InChI=1S/C33H22F8N2O6/c1-31(2)11-33(17-9-13(5-7-15(17)31)48-29-23(38)19(34)27(42(44)45)20(35)24(29)39)12-32(3,4)16-8-6-14(10-18(16)33)49-30-25(40)21(36)28(43(46)47)22(37)26(30)41/h5-10H,11-12H2,1-4H3. The molecule has 0 unspecified atom stereocenters. The molecule has 0 saturated carbocycles. The second-order valence-electron chi connectivity index (χ2n) is 13.2. The third-order valence-corrected chi connectivity index (χ3v) is 9.16. The van der Waals surface area contributed by atoms with E-state index >= 15 is 0 Å². The number of hydrogen-bond donors (Lipinski definition) is 0. The minimum atomic E-state index is -2.27. The van der Waals surface area contributed by atoms with E-state index in [9.17, 15) is 55.4 Å². The Bertz CT molecular complexity index is 1940. The summed E-state index contributed by atoms with van der Waals surface area (Å²) in [5, 5.41) is 22.0. The van der Waals surface area contributed by atoms with E-state index in [-0.39, 0.29) is 11.5 Å². The summed E-state index contributed by atoms with van der Waals surface area (Å²) >= 11 is 0.